The van der Waals surface area contributed by atoms with Crippen LogP contribution in [0.25, 0.3) is 51.6 Å². The molecule has 0 amide bonds. The normalized spacial score (nSPS) is 11.4. The molecule has 0 atom stereocenters. The van der Waals surface area contributed by atoms with Gasteiger partial charge in [-0.3, -0.25) is 14.4 Å². The van der Waals surface area contributed by atoms with Gasteiger partial charge in [0.15, 0.2) is 6.10 Å². The highest BCUT2D eigenvalue weighted by Gasteiger charge is 2.20. The second-order valence-electron chi connectivity index (χ2n) is 30.9. The Bertz CT molecular complexity index is 3530. The predicted octanol–water partition coefficient (Wildman–Crippen LogP) is 26.3. The lowest BCUT2D eigenvalue weighted by Gasteiger charge is -2.18. The zero-order valence-electron chi connectivity index (χ0n) is 71.4. The molecule has 0 aromatic heterocycles. The summed E-state index contributed by atoms with van der Waals surface area (Å²) >= 11 is 0. The summed E-state index contributed by atoms with van der Waals surface area (Å²) in [5.74, 6) is 0.330. The Hall–Kier alpha value is -9.24. The summed E-state index contributed by atoms with van der Waals surface area (Å²) in [6, 6.07) is 48.8. The van der Waals surface area contributed by atoms with Crippen molar-refractivity contribution in [3.8, 4) is 50.6 Å². The summed E-state index contributed by atoms with van der Waals surface area (Å²) in [5, 5.41) is 0. The van der Waals surface area contributed by atoms with Crippen molar-refractivity contribution in [2.75, 3.05) is 52.9 Å². The van der Waals surface area contributed by atoms with E-state index in [0.717, 1.165) is 222 Å². The molecule has 0 unspecified atom stereocenters. The van der Waals surface area contributed by atoms with Crippen LogP contribution in [0.1, 0.15) is 307 Å². The largest absolute Gasteiger partial charge is 0.494 e. The van der Waals surface area contributed by atoms with Gasteiger partial charge in [0.2, 0.25) is 0 Å². The van der Waals surface area contributed by atoms with E-state index < -0.39 is 24.0 Å². The fraction of sp³-hybridized carbons (Fsp3) is 0.529. The summed E-state index contributed by atoms with van der Waals surface area (Å²) in [6.45, 7) is 9.57. The summed E-state index contributed by atoms with van der Waals surface area (Å²) in [7, 11) is 0. The maximum Gasteiger partial charge on any atom is 0.330 e. The van der Waals surface area contributed by atoms with Crippen molar-refractivity contribution in [2.45, 2.75) is 297 Å². The smallest absolute Gasteiger partial charge is 0.330 e. The first-order chi connectivity index (χ1) is 57.5. The molecule has 0 fully saturated rings. The lowest BCUT2D eigenvalue weighted by molar-refractivity contribution is -0.167. The van der Waals surface area contributed by atoms with E-state index in [1.54, 1.807) is 18.2 Å². The number of carbonyl (C=O) groups is 6. The summed E-state index contributed by atoms with van der Waals surface area (Å²) < 4.78 is 51.3. The number of benzene rings is 6. The van der Waals surface area contributed by atoms with E-state index in [2.05, 4.69) is 57.2 Å². The van der Waals surface area contributed by atoms with Crippen molar-refractivity contribution in [1.82, 2.24) is 0 Å². The SMILES string of the molecule is CCCCCCCCOc1ccc(-c2ccc(/C=C/C(=O)OCCCCCCCCCC(=O)OCC(COC(=O)CCCCCCCCCOC(=O)/C=C/c3ccc(-c4ccc(OCCCCCCCC)cc4)cc3)OC(=O)CCCCCCCCCOC(=O)/C=C/c3ccc(-c4ccc(OCCCCCCCC)cc4)cc3)cc2)cc1. The molecule has 6 aromatic rings. The monoisotopic (exact) mass is 1610 g/mol. The first-order valence-corrected chi connectivity index (χ1v) is 45.0. The number of unbranched alkanes of at least 4 members (excludes halogenated alkanes) is 33. The van der Waals surface area contributed by atoms with E-state index in [0.29, 0.717) is 39.1 Å². The topological polar surface area (TPSA) is 185 Å². The fourth-order valence-corrected chi connectivity index (χ4v) is 13.6. The molecule has 117 heavy (non-hydrogen) atoms. The van der Waals surface area contributed by atoms with Crippen molar-refractivity contribution < 1.29 is 71.4 Å². The van der Waals surface area contributed by atoms with E-state index in [9.17, 15) is 28.8 Å². The zero-order valence-corrected chi connectivity index (χ0v) is 71.4. The Balaban J connectivity index is 0.801. The van der Waals surface area contributed by atoms with Crippen LogP contribution in [0.3, 0.4) is 0 Å². The molecule has 15 heteroatoms. The Kier molecular flexibility index (Phi) is 52.7. The lowest BCUT2D eigenvalue weighted by Crippen LogP contribution is -2.30. The number of rotatable bonds is 68. The van der Waals surface area contributed by atoms with E-state index in [1.807, 2.05) is 109 Å². The number of ether oxygens (including phenoxy) is 9. The van der Waals surface area contributed by atoms with Gasteiger partial charge >= 0.3 is 35.8 Å². The summed E-state index contributed by atoms with van der Waals surface area (Å²) in [4.78, 5) is 76.5. The minimum absolute atomic E-state index is 0.187. The molecule has 0 heterocycles. The minimum Gasteiger partial charge on any atom is -0.494 e. The highest BCUT2D eigenvalue weighted by atomic mass is 16.6. The van der Waals surface area contributed by atoms with Crippen molar-refractivity contribution in [1.29, 1.82) is 0 Å². The standard InChI is InChI=1S/C102H140O15/c1-4-7-10-13-28-37-76-109-93-67-61-90(62-68-93)87-55-46-84(47-56-87)52-73-99(105)112-79-40-31-22-16-19-25-34-43-97(103)115-82-96(117-102(108)45-36-27-21-18-24-33-42-81-114-101(107)75-54-86-50-59-89(60-51-86)92-65-71-95(72-66-92)111-78-39-30-15-12-9-6-3)83-116-98(104)44-35-26-20-17-23-32-41-80-113-100(106)74-53-85-48-57-88(58-49-85)91-63-69-94(70-64-91)110-77-38-29-14-11-8-5-2/h46-75,96H,4-45,76-83H2,1-3H3/b73-52+,74-53+,75-54+. The van der Waals surface area contributed by atoms with Gasteiger partial charge in [0.25, 0.3) is 0 Å². The van der Waals surface area contributed by atoms with E-state index >= 15 is 0 Å². The average molecular weight is 1610 g/mol. The molecule has 0 aliphatic rings. The Labute approximate surface area is 702 Å². The molecule has 0 bridgehead atoms. The lowest BCUT2D eigenvalue weighted by atomic mass is 10.0. The van der Waals surface area contributed by atoms with Gasteiger partial charge in [-0.25, -0.2) is 14.4 Å². The minimum atomic E-state index is -0.929. The van der Waals surface area contributed by atoms with Crippen molar-refractivity contribution >= 4 is 54.0 Å². The quantitative estimate of drug-likeness (QED) is 0.0152. The van der Waals surface area contributed by atoms with E-state index in [1.165, 1.54) is 115 Å². The number of esters is 6. The Morgan fingerprint density at radius 1 is 0.239 bits per heavy atom. The molecule has 0 radical (unpaired) electrons. The molecular formula is C102H140O15. The van der Waals surface area contributed by atoms with Crippen LogP contribution in [0.4, 0.5) is 0 Å². The molecule has 0 saturated heterocycles. The van der Waals surface area contributed by atoms with Crippen LogP contribution in [-0.2, 0) is 57.2 Å². The first kappa shape index (κ1) is 96.6. The molecule has 15 nitrogen and oxygen atoms in total. The highest BCUT2D eigenvalue weighted by molar-refractivity contribution is 5.88. The zero-order chi connectivity index (χ0) is 82.9. The second kappa shape index (κ2) is 63.8. The van der Waals surface area contributed by atoms with Crippen LogP contribution in [0.2, 0.25) is 0 Å². The molecule has 0 saturated carbocycles. The van der Waals surface area contributed by atoms with Crippen molar-refractivity contribution in [3.63, 3.8) is 0 Å². The molecule has 0 N–H and O–H groups in total. The van der Waals surface area contributed by atoms with Crippen LogP contribution < -0.4 is 14.2 Å². The van der Waals surface area contributed by atoms with Crippen LogP contribution in [0.15, 0.2) is 164 Å². The van der Waals surface area contributed by atoms with Crippen LogP contribution >= 0.6 is 0 Å². The van der Waals surface area contributed by atoms with Gasteiger partial charge in [-0.05, 0) is 162 Å². The average Bonchev–Trinajstić information content (AvgIpc) is 0.864. The number of hydrogen-bond acceptors (Lipinski definition) is 15. The molecular weight excluding hydrogens is 1470 g/mol. The summed E-state index contributed by atoms with van der Waals surface area (Å²) in [6.07, 6.45) is 50.0. The molecule has 638 valence electrons. The predicted molar refractivity (Wildman–Crippen MR) is 475 cm³/mol. The first-order valence-electron chi connectivity index (χ1n) is 45.0. The fourth-order valence-electron chi connectivity index (χ4n) is 13.6. The third-order valence-corrected chi connectivity index (χ3v) is 20.8. The van der Waals surface area contributed by atoms with Crippen LogP contribution in [0, 0.1) is 0 Å². The maximum atomic E-state index is 13.2. The second-order valence-corrected chi connectivity index (χ2v) is 30.9. The molecule has 0 aliphatic heterocycles. The molecule has 6 aromatic carbocycles. The molecule has 6 rings (SSSR count). The van der Waals surface area contributed by atoms with Gasteiger partial charge in [-0.2, -0.15) is 0 Å². The van der Waals surface area contributed by atoms with Crippen molar-refractivity contribution in [2.24, 2.45) is 0 Å². The van der Waals surface area contributed by atoms with Gasteiger partial charge in [-0.1, -0.05) is 323 Å². The molecule has 0 aliphatic carbocycles. The van der Waals surface area contributed by atoms with E-state index in [-0.39, 0.29) is 50.4 Å². The Morgan fingerprint density at radius 3 is 0.709 bits per heavy atom. The molecule has 0 spiro atoms. The van der Waals surface area contributed by atoms with Gasteiger partial charge in [0.05, 0.1) is 39.6 Å². The van der Waals surface area contributed by atoms with Crippen LogP contribution in [0.5, 0.6) is 17.2 Å². The number of hydrogen-bond donors (Lipinski definition) is 0. The van der Waals surface area contributed by atoms with Gasteiger partial charge in [0.1, 0.15) is 30.5 Å². The van der Waals surface area contributed by atoms with Crippen LogP contribution in [-0.4, -0.2) is 94.8 Å². The third-order valence-electron chi connectivity index (χ3n) is 20.8. The van der Waals surface area contributed by atoms with Crippen molar-refractivity contribution in [3.05, 3.63) is 181 Å². The van der Waals surface area contributed by atoms with Gasteiger partial charge in [-0.15, -0.1) is 0 Å². The Morgan fingerprint density at radius 2 is 0.453 bits per heavy atom. The maximum absolute atomic E-state index is 13.2. The van der Waals surface area contributed by atoms with Gasteiger partial charge in [0, 0.05) is 37.5 Å². The number of carbonyl (C=O) groups excluding carboxylic acids is 6. The highest BCUT2D eigenvalue weighted by Crippen LogP contribution is 2.28. The third kappa shape index (κ3) is 47.1. The summed E-state index contributed by atoms with van der Waals surface area (Å²) in [5.41, 5.74) is 9.32. The van der Waals surface area contributed by atoms with Gasteiger partial charge < -0.3 is 42.6 Å². The van der Waals surface area contributed by atoms with E-state index in [4.69, 9.17) is 42.6 Å².